The number of aromatic amines is 1. The maximum absolute atomic E-state index is 12.9. The first-order valence-electron chi connectivity index (χ1n) is 9.25. The molecule has 3 atom stereocenters. The third-order valence-electron chi connectivity index (χ3n) is 5.58. The molecule has 3 aromatic rings. The number of carbonyl (C=O) groups is 2. The lowest BCUT2D eigenvalue weighted by molar-refractivity contribution is 0.0917. The molecule has 1 saturated heterocycles. The van der Waals surface area contributed by atoms with E-state index in [0.717, 1.165) is 16.6 Å². The zero-order valence-corrected chi connectivity index (χ0v) is 15.3. The van der Waals surface area contributed by atoms with Crippen LogP contribution >= 0.6 is 0 Å². The molecule has 1 aliphatic carbocycles. The Bertz CT molecular complexity index is 1060. The summed E-state index contributed by atoms with van der Waals surface area (Å²) in [5, 5.41) is 9.99. The van der Waals surface area contributed by atoms with E-state index < -0.39 is 0 Å². The van der Waals surface area contributed by atoms with Gasteiger partial charge in [0.2, 0.25) is 0 Å². The molecule has 5 rings (SSSR count). The molecule has 0 spiro atoms. The quantitative estimate of drug-likeness (QED) is 0.598. The summed E-state index contributed by atoms with van der Waals surface area (Å²) in [5.41, 5.74) is 3.21. The van der Waals surface area contributed by atoms with E-state index >= 15 is 0 Å². The molecule has 9 nitrogen and oxygen atoms in total. The van der Waals surface area contributed by atoms with E-state index in [1.807, 2.05) is 18.2 Å². The summed E-state index contributed by atoms with van der Waals surface area (Å²) >= 11 is 0. The molecular formula is C19H20N6O3. The largest absolute Gasteiger partial charge is 0.381 e. The Labute approximate surface area is 160 Å². The van der Waals surface area contributed by atoms with E-state index in [2.05, 4.69) is 25.7 Å². The van der Waals surface area contributed by atoms with Crippen LogP contribution in [0.3, 0.4) is 0 Å². The average molecular weight is 380 g/mol. The Hall–Kier alpha value is -3.20. The van der Waals surface area contributed by atoms with Crippen molar-refractivity contribution in [1.29, 1.82) is 0 Å². The van der Waals surface area contributed by atoms with E-state index in [-0.39, 0.29) is 23.6 Å². The highest BCUT2D eigenvalue weighted by atomic mass is 16.5. The van der Waals surface area contributed by atoms with Gasteiger partial charge in [0.15, 0.2) is 5.69 Å². The molecule has 2 aliphatic rings. The zero-order valence-electron chi connectivity index (χ0n) is 15.3. The minimum atomic E-state index is -0.331. The first-order valence-corrected chi connectivity index (χ1v) is 9.25. The predicted molar refractivity (Wildman–Crippen MR) is 99.9 cm³/mol. The smallest absolute Gasteiger partial charge is 0.271 e. The number of nitrogens with zero attached hydrogens (tertiary/aromatic N) is 3. The second kappa shape index (κ2) is 6.45. The van der Waals surface area contributed by atoms with E-state index in [4.69, 9.17) is 4.74 Å². The molecule has 28 heavy (non-hydrogen) atoms. The van der Waals surface area contributed by atoms with Gasteiger partial charge in [-0.1, -0.05) is 12.1 Å². The van der Waals surface area contributed by atoms with Crippen molar-refractivity contribution in [2.45, 2.75) is 12.6 Å². The third-order valence-corrected chi connectivity index (χ3v) is 5.58. The van der Waals surface area contributed by atoms with Crippen LogP contribution in [0.1, 0.15) is 26.5 Å². The molecule has 2 aromatic heterocycles. The summed E-state index contributed by atoms with van der Waals surface area (Å²) in [5.74, 6) is 0.242. The fourth-order valence-corrected chi connectivity index (χ4v) is 3.95. The second-order valence-electron chi connectivity index (χ2n) is 7.23. The lowest BCUT2D eigenvalue weighted by Gasteiger charge is -2.10. The molecule has 0 bridgehead atoms. The van der Waals surface area contributed by atoms with Gasteiger partial charge in [0.05, 0.1) is 37.1 Å². The van der Waals surface area contributed by atoms with Gasteiger partial charge >= 0.3 is 0 Å². The molecule has 9 heteroatoms. The third kappa shape index (κ3) is 2.75. The minimum absolute atomic E-state index is 0.142. The van der Waals surface area contributed by atoms with E-state index in [0.29, 0.717) is 37.3 Å². The van der Waals surface area contributed by atoms with Crippen molar-refractivity contribution in [1.82, 2.24) is 30.4 Å². The fraction of sp³-hybridized carbons (Fsp3) is 0.368. The molecule has 1 aliphatic heterocycles. The molecule has 0 unspecified atom stereocenters. The number of benzene rings is 1. The van der Waals surface area contributed by atoms with Crippen LogP contribution in [0.4, 0.5) is 0 Å². The summed E-state index contributed by atoms with van der Waals surface area (Å²) in [6.45, 7) is 1.72. The average Bonchev–Trinajstić information content (AvgIpc) is 3.22. The summed E-state index contributed by atoms with van der Waals surface area (Å²) in [7, 11) is 1.54. The molecular weight excluding hydrogens is 360 g/mol. The van der Waals surface area contributed by atoms with Gasteiger partial charge in [0.1, 0.15) is 5.69 Å². The van der Waals surface area contributed by atoms with Gasteiger partial charge in [-0.3, -0.25) is 14.3 Å². The fourth-order valence-electron chi connectivity index (χ4n) is 3.95. The predicted octanol–water partition coefficient (Wildman–Crippen LogP) is 0.542. The van der Waals surface area contributed by atoms with Crippen LogP contribution in [0.5, 0.6) is 0 Å². The molecule has 3 heterocycles. The standard InChI is InChI=1S/C19H20N6O3/c1-20-18(26)14-5-15(19(27)23-17-11-7-28-8-12(11)17)25(24-14)6-10-3-2-4-13-16(10)22-9-21-13/h2-5,9,11-12,17H,6-8H2,1H3,(H,20,26)(H,21,22)(H,23,27)/t11-,12+,17+. The molecule has 3 N–H and O–H groups in total. The van der Waals surface area contributed by atoms with E-state index in [1.54, 1.807) is 11.0 Å². The summed E-state index contributed by atoms with van der Waals surface area (Å²) in [6, 6.07) is 7.47. The number of nitrogens with one attached hydrogen (secondary N) is 3. The number of carbonyl (C=O) groups excluding carboxylic acids is 2. The van der Waals surface area contributed by atoms with Crippen LogP contribution in [0.15, 0.2) is 30.6 Å². The normalized spacial score (nSPS) is 22.8. The Morgan fingerprint density at radius 3 is 2.89 bits per heavy atom. The number of rotatable bonds is 5. The number of fused-ring (bicyclic) bond motifs is 2. The Morgan fingerprint density at radius 2 is 2.11 bits per heavy atom. The number of para-hydroxylation sites is 1. The van der Waals surface area contributed by atoms with Gasteiger partial charge in [-0.05, 0) is 6.07 Å². The van der Waals surface area contributed by atoms with Gasteiger partial charge in [-0.2, -0.15) is 5.10 Å². The van der Waals surface area contributed by atoms with Crippen molar-refractivity contribution in [3.05, 3.63) is 47.5 Å². The van der Waals surface area contributed by atoms with Crippen molar-refractivity contribution >= 4 is 22.8 Å². The molecule has 1 saturated carbocycles. The van der Waals surface area contributed by atoms with Gasteiger partial charge in [0.25, 0.3) is 11.8 Å². The van der Waals surface area contributed by atoms with Crippen LogP contribution in [0.2, 0.25) is 0 Å². The lowest BCUT2D eigenvalue weighted by Crippen LogP contribution is -2.31. The highest BCUT2D eigenvalue weighted by molar-refractivity contribution is 5.98. The Balaban J connectivity index is 1.45. The number of amides is 2. The van der Waals surface area contributed by atoms with Crippen molar-refractivity contribution in [3.8, 4) is 0 Å². The highest BCUT2D eigenvalue weighted by Crippen LogP contribution is 2.44. The van der Waals surface area contributed by atoms with E-state index in [1.165, 1.54) is 13.1 Å². The first kappa shape index (κ1) is 16.9. The molecule has 144 valence electrons. The number of imidazole rings is 1. The van der Waals surface area contributed by atoms with Gasteiger partial charge < -0.3 is 20.4 Å². The molecule has 1 aromatic carbocycles. The summed E-state index contributed by atoms with van der Waals surface area (Å²) < 4.78 is 6.95. The monoisotopic (exact) mass is 380 g/mol. The Kier molecular flexibility index (Phi) is 3.90. The maximum atomic E-state index is 12.9. The second-order valence-corrected chi connectivity index (χ2v) is 7.23. The number of hydrogen-bond donors (Lipinski definition) is 3. The van der Waals surface area contributed by atoms with Crippen LogP contribution in [-0.2, 0) is 11.3 Å². The van der Waals surface area contributed by atoms with Crippen LogP contribution in [0, 0.1) is 11.8 Å². The molecule has 2 amide bonds. The molecule has 0 radical (unpaired) electrons. The van der Waals surface area contributed by atoms with Gasteiger partial charge in [-0.15, -0.1) is 0 Å². The van der Waals surface area contributed by atoms with Crippen molar-refractivity contribution < 1.29 is 14.3 Å². The number of aromatic nitrogens is 4. The van der Waals surface area contributed by atoms with Crippen molar-refractivity contribution in [2.75, 3.05) is 20.3 Å². The van der Waals surface area contributed by atoms with Crippen LogP contribution in [-0.4, -0.2) is 57.9 Å². The maximum Gasteiger partial charge on any atom is 0.271 e. The van der Waals surface area contributed by atoms with Crippen LogP contribution in [0.25, 0.3) is 11.0 Å². The number of H-pyrrole nitrogens is 1. The number of ether oxygens (including phenoxy) is 1. The van der Waals surface area contributed by atoms with Crippen molar-refractivity contribution in [3.63, 3.8) is 0 Å². The lowest BCUT2D eigenvalue weighted by atomic mass is 10.2. The number of hydrogen-bond acceptors (Lipinski definition) is 5. The Morgan fingerprint density at radius 1 is 1.29 bits per heavy atom. The summed E-state index contributed by atoms with van der Waals surface area (Å²) in [4.78, 5) is 32.4. The SMILES string of the molecule is CNC(=O)c1cc(C(=O)N[C@H]2[C@@H]3COC[C@@H]32)n(Cc2cccc3[nH]cnc23)n1. The van der Waals surface area contributed by atoms with Gasteiger partial charge in [-0.25, -0.2) is 4.98 Å². The minimum Gasteiger partial charge on any atom is -0.381 e. The van der Waals surface area contributed by atoms with Gasteiger partial charge in [0, 0.05) is 36.6 Å². The first-order chi connectivity index (χ1) is 13.7. The molecule has 2 fully saturated rings. The zero-order chi connectivity index (χ0) is 19.3. The van der Waals surface area contributed by atoms with Crippen LogP contribution < -0.4 is 10.6 Å². The topological polar surface area (TPSA) is 114 Å². The van der Waals surface area contributed by atoms with E-state index in [9.17, 15) is 9.59 Å². The van der Waals surface area contributed by atoms with Crippen molar-refractivity contribution in [2.24, 2.45) is 11.8 Å². The summed E-state index contributed by atoms with van der Waals surface area (Å²) in [6.07, 6.45) is 1.63. The highest BCUT2D eigenvalue weighted by Gasteiger charge is 2.55.